The predicted octanol–water partition coefficient (Wildman–Crippen LogP) is 5.42. The first-order valence-corrected chi connectivity index (χ1v) is 10.1. The number of hydrogen-bond acceptors (Lipinski definition) is 2. The number of rotatable bonds is 6. The maximum absolute atomic E-state index is 6.42. The summed E-state index contributed by atoms with van der Waals surface area (Å²) < 4.78 is 2.27. The summed E-state index contributed by atoms with van der Waals surface area (Å²) >= 11 is 12.8. The monoisotopic (exact) mass is 387 g/mol. The van der Waals surface area contributed by atoms with E-state index < -0.39 is 0 Å². The first-order valence-electron chi connectivity index (χ1n) is 9.32. The third-order valence-electron chi connectivity index (χ3n) is 5.18. The Morgan fingerprint density at radius 3 is 2.42 bits per heavy atom. The first-order chi connectivity index (χ1) is 12.7. The molecule has 0 saturated carbocycles. The summed E-state index contributed by atoms with van der Waals surface area (Å²) in [5.41, 5.74) is 3.13. The van der Waals surface area contributed by atoms with Gasteiger partial charge in [0.05, 0.1) is 17.6 Å². The van der Waals surface area contributed by atoms with Crippen LogP contribution in [0.5, 0.6) is 0 Å². The van der Waals surface area contributed by atoms with Gasteiger partial charge in [-0.05, 0) is 63.2 Å². The summed E-state index contributed by atoms with van der Waals surface area (Å²) in [5.74, 6) is 1.11. The third kappa shape index (κ3) is 3.75. The number of aryl methyl sites for hydroxylation is 1. The number of halogens is 2. The molecule has 0 bridgehead atoms. The van der Waals surface area contributed by atoms with E-state index in [4.69, 9.17) is 28.2 Å². The molecule has 2 heterocycles. The zero-order valence-electron chi connectivity index (χ0n) is 14.8. The van der Waals surface area contributed by atoms with Crippen molar-refractivity contribution in [3.8, 4) is 0 Å². The Morgan fingerprint density at radius 2 is 1.65 bits per heavy atom. The minimum atomic E-state index is 0.651. The van der Waals surface area contributed by atoms with Crippen LogP contribution in [0.2, 0.25) is 10.0 Å². The summed E-state index contributed by atoms with van der Waals surface area (Å²) in [6.07, 6.45) is 4.76. The summed E-state index contributed by atoms with van der Waals surface area (Å²) in [7, 11) is 0. The molecule has 26 heavy (non-hydrogen) atoms. The molecule has 0 N–H and O–H groups in total. The fraction of sp³-hybridized carbons (Fsp3) is 0.381. The summed E-state index contributed by atoms with van der Waals surface area (Å²) in [6.45, 7) is 4.28. The van der Waals surface area contributed by atoms with Crippen molar-refractivity contribution in [2.45, 2.75) is 32.2 Å². The standard InChI is InChI=1S/C21H23Cl2N3/c22-17-7-5-8-18(23)16(17)15-26-20-10-2-1-9-19(20)24-21(26)11-6-14-25-12-3-4-13-25/h1-2,5,7-10H,3-4,6,11-15H2. The number of para-hydroxylation sites is 2. The fourth-order valence-electron chi connectivity index (χ4n) is 3.80. The lowest BCUT2D eigenvalue weighted by Crippen LogP contribution is -2.21. The molecule has 0 spiro atoms. The highest BCUT2D eigenvalue weighted by Gasteiger charge is 2.15. The molecule has 1 aliphatic rings. The van der Waals surface area contributed by atoms with Gasteiger partial charge in [0.1, 0.15) is 5.82 Å². The van der Waals surface area contributed by atoms with Crippen LogP contribution in [0.3, 0.4) is 0 Å². The van der Waals surface area contributed by atoms with E-state index in [1.165, 1.54) is 25.9 Å². The Balaban J connectivity index is 1.61. The lowest BCUT2D eigenvalue weighted by molar-refractivity contribution is 0.332. The molecule has 1 fully saturated rings. The van der Waals surface area contributed by atoms with Crippen molar-refractivity contribution in [3.05, 3.63) is 63.9 Å². The molecule has 1 aromatic heterocycles. The van der Waals surface area contributed by atoms with E-state index in [9.17, 15) is 0 Å². The van der Waals surface area contributed by atoms with Gasteiger partial charge in [-0.2, -0.15) is 0 Å². The van der Waals surface area contributed by atoms with Gasteiger partial charge in [0.2, 0.25) is 0 Å². The second-order valence-electron chi connectivity index (χ2n) is 6.96. The van der Waals surface area contributed by atoms with E-state index in [1.54, 1.807) is 0 Å². The van der Waals surface area contributed by atoms with Gasteiger partial charge in [-0.1, -0.05) is 41.4 Å². The zero-order valence-corrected chi connectivity index (χ0v) is 16.3. The largest absolute Gasteiger partial charge is 0.323 e. The van der Waals surface area contributed by atoms with Crippen LogP contribution in [0.15, 0.2) is 42.5 Å². The molecular formula is C21H23Cl2N3. The number of fused-ring (bicyclic) bond motifs is 1. The second kappa shape index (κ2) is 7.99. The van der Waals surface area contributed by atoms with Crippen LogP contribution in [0.4, 0.5) is 0 Å². The van der Waals surface area contributed by atoms with E-state index in [2.05, 4.69) is 27.7 Å². The highest BCUT2D eigenvalue weighted by molar-refractivity contribution is 6.36. The van der Waals surface area contributed by atoms with Crippen LogP contribution < -0.4 is 0 Å². The molecule has 136 valence electrons. The predicted molar refractivity (Wildman–Crippen MR) is 109 cm³/mol. The van der Waals surface area contributed by atoms with Gasteiger partial charge in [-0.15, -0.1) is 0 Å². The van der Waals surface area contributed by atoms with Crippen molar-refractivity contribution in [3.63, 3.8) is 0 Å². The Hall–Kier alpha value is -1.55. The molecular weight excluding hydrogens is 365 g/mol. The van der Waals surface area contributed by atoms with E-state index in [0.29, 0.717) is 16.6 Å². The average Bonchev–Trinajstić information content (AvgIpc) is 3.26. The van der Waals surface area contributed by atoms with Gasteiger partial charge < -0.3 is 9.47 Å². The maximum atomic E-state index is 6.42. The van der Waals surface area contributed by atoms with Crippen LogP contribution >= 0.6 is 23.2 Å². The van der Waals surface area contributed by atoms with Crippen molar-refractivity contribution >= 4 is 34.2 Å². The number of imidazole rings is 1. The molecule has 3 aromatic rings. The van der Waals surface area contributed by atoms with Gasteiger partial charge >= 0.3 is 0 Å². The average molecular weight is 388 g/mol. The number of hydrogen-bond donors (Lipinski definition) is 0. The molecule has 0 unspecified atom stereocenters. The van der Waals surface area contributed by atoms with E-state index in [0.717, 1.165) is 41.8 Å². The van der Waals surface area contributed by atoms with Crippen LogP contribution in [-0.4, -0.2) is 34.1 Å². The smallest absolute Gasteiger partial charge is 0.110 e. The fourth-order valence-corrected chi connectivity index (χ4v) is 4.32. The van der Waals surface area contributed by atoms with Crippen molar-refractivity contribution in [2.75, 3.05) is 19.6 Å². The minimum Gasteiger partial charge on any atom is -0.323 e. The number of benzene rings is 2. The van der Waals surface area contributed by atoms with Gasteiger partial charge in [-0.25, -0.2) is 4.98 Å². The van der Waals surface area contributed by atoms with Crippen molar-refractivity contribution in [1.29, 1.82) is 0 Å². The molecule has 0 aliphatic carbocycles. The normalized spacial score (nSPS) is 15.2. The Labute approximate surface area is 164 Å². The van der Waals surface area contributed by atoms with Crippen LogP contribution in [0.1, 0.15) is 30.7 Å². The third-order valence-corrected chi connectivity index (χ3v) is 5.89. The topological polar surface area (TPSA) is 21.1 Å². The first kappa shape index (κ1) is 17.8. The Bertz CT molecular complexity index is 877. The quantitative estimate of drug-likeness (QED) is 0.562. The van der Waals surface area contributed by atoms with Crippen LogP contribution in [0, 0.1) is 0 Å². The van der Waals surface area contributed by atoms with E-state index in [1.807, 2.05) is 24.3 Å². The van der Waals surface area contributed by atoms with Gasteiger partial charge in [0.25, 0.3) is 0 Å². The highest BCUT2D eigenvalue weighted by atomic mass is 35.5. The lowest BCUT2D eigenvalue weighted by Gasteiger charge is -2.15. The number of aromatic nitrogens is 2. The molecule has 0 radical (unpaired) electrons. The molecule has 5 heteroatoms. The van der Waals surface area contributed by atoms with Gasteiger partial charge in [0.15, 0.2) is 0 Å². The van der Waals surface area contributed by atoms with E-state index in [-0.39, 0.29) is 0 Å². The molecule has 2 aromatic carbocycles. The summed E-state index contributed by atoms with van der Waals surface area (Å²) in [6, 6.07) is 14.0. The lowest BCUT2D eigenvalue weighted by atomic mass is 10.2. The van der Waals surface area contributed by atoms with Crippen molar-refractivity contribution < 1.29 is 0 Å². The molecule has 0 amide bonds. The molecule has 1 saturated heterocycles. The van der Waals surface area contributed by atoms with Crippen molar-refractivity contribution in [1.82, 2.24) is 14.5 Å². The van der Waals surface area contributed by atoms with Crippen LogP contribution in [-0.2, 0) is 13.0 Å². The zero-order chi connectivity index (χ0) is 17.9. The number of nitrogens with zero attached hydrogens (tertiary/aromatic N) is 3. The van der Waals surface area contributed by atoms with E-state index >= 15 is 0 Å². The maximum Gasteiger partial charge on any atom is 0.110 e. The summed E-state index contributed by atoms with van der Waals surface area (Å²) in [5, 5.41) is 1.41. The summed E-state index contributed by atoms with van der Waals surface area (Å²) in [4.78, 5) is 7.44. The Kier molecular flexibility index (Phi) is 5.49. The highest BCUT2D eigenvalue weighted by Crippen LogP contribution is 2.28. The van der Waals surface area contributed by atoms with Gasteiger partial charge in [0, 0.05) is 22.0 Å². The molecule has 0 atom stereocenters. The number of likely N-dealkylation sites (tertiary alicyclic amines) is 1. The minimum absolute atomic E-state index is 0.651. The molecule has 3 nitrogen and oxygen atoms in total. The van der Waals surface area contributed by atoms with Gasteiger partial charge in [-0.3, -0.25) is 0 Å². The SMILES string of the molecule is Clc1cccc(Cl)c1Cn1c(CCCN2CCCC2)nc2ccccc21. The second-order valence-corrected chi connectivity index (χ2v) is 7.77. The molecule has 4 rings (SSSR count). The van der Waals surface area contributed by atoms with Crippen molar-refractivity contribution in [2.24, 2.45) is 0 Å². The molecule has 1 aliphatic heterocycles. The van der Waals surface area contributed by atoms with Crippen LogP contribution in [0.25, 0.3) is 11.0 Å². The Morgan fingerprint density at radius 1 is 0.923 bits per heavy atom.